The summed E-state index contributed by atoms with van der Waals surface area (Å²) in [6.45, 7) is 3.75. The lowest BCUT2D eigenvalue weighted by atomic mass is 10.1. The number of nitrogens with one attached hydrogen (secondary N) is 2. The van der Waals surface area contributed by atoms with Crippen molar-refractivity contribution in [2.75, 3.05) is 19.0 Å². The lowest BCUT2D eigenvalue weighted by molar-refractivity contribution is 0.0637. The average Bonchev–Trinajstić information content (AvgIpc) is 3.08. The van der Waals surface area contributed by atoms with E-state index in [1.807, 2.05) is 48.7 Å². The van der Waals surface area contributed by atoms with E-state index in [1.165, 1.54) is 11.3 Å². The van der Waals surface area contributed by atoms with E-state index < -0.39 is 5.60 Å². The maximum absolute atomic E-state index is 12.0. The molecule has 2 unspecified atom stereocenters. The predicted octanol–water partition coefficient (Wildman–Crippen LogP) is 3.48. The molecule has 2 rings (SSSR count). The molecule has 1 aromatic heterocycles. The zero-order valence-corrected chi connectivity index (χ0v) is 14.3. The Hall–Kier alpha value is -1.89. The molecule has 0 bridgehead atoms. The van der Waals surface area contributed by atoms with Gasteiger partial charge in [-0.2, -0.15) is 0 Å². The molecule has 0 fully saturated rings. The smallest absolute Gasteiger partial charge is 0.319 e. The molecule has 0 saturated heterocycles. The number of aliphatic hydroxyl groups is 1. The first-order chi connectivity index (χ1) is 10.9. The van der Waals surface area contributed by atoms with E-state index in [-0.39, 0.29) is 18.7 Å². The summed E-state index contributed by atoms with van der Waals surface area (Å²) in [6.07, 6.45) is -0.0422. The van der Waals surface area contributed by atoms with Crippen LogP contribution < -0.4 is 10.6 Å². The fourth-order valence-electron chi connectivity index (χ4n) is 2.11. The molecule has 0 radical (unpaired) electrons. The predicted molar refractivity (Wildman–Crippen MR) is 92.8 cm³/mol. The number of carbonyl (C=O) groups is 1. The van der Waals surface area contributed by atoms with E-state index in [0.29, 0.717) is 5.69 Å². The summed E-state index contributed by atoms with van der Waals surface area (Å²) in [5.41, 5.74) is 0.577. The lowest BCUT2D eigenvalue weighted by Gasteiger charge is -2.22. The minimum Gasteiger partial charge on any atom is -0.383 e. The van der Waals surface area contributed by atoms with Crippen molar-refractivity contribution in [3.05, 3.63) is 52.2 Å². The van der Waals surface area contributed by atoms with Gasteiger partial charge < -0.3 is 20.5 Å². The number of rotatable bonds is 6. The highest BCUT2D eigenvalue weighted by molar-refractivity contribution is 7.10. The van der Waals surface area contributed by atoms with Gasteiger partial charge in [0.1, 0.15) is 5.60 Å². The molecule has 0 aliphatic carbocycles. The molecule has 2 atom stereocenters. The number of anilines is 1. The zero-order valence-electron chi connectivity index (χ0n) is 13.5. The molecule has 23 heavy (non-hydrogen) atoms. The standard InChI is InChI=1S/C17H22N2O3S/c1-12(22-3)13-6-4-7-14(10-13)19-16(20)18-11-17(2,21)15-8-5-9-23-15/h4-10,12,21H,11H2,1-3H3,(H2,18,19,20). The van der Waals surface area contributed by atoms with Crippen molar-refractivity contribution in [3.63, 3.8) is 0 Å². The summed E-state index contributed by atoms with van der Waals surface area (Å²) in [7, 11) is 1.64. The molecule has 3 N–H and O–H groups in total. The lowest BCUT2D eigenvalue weighted by Crippen LogP contribution is -2.40. The first kappa shape index (κ1) is 17.5. The number of hydrogen-bond donors (Lipinski definition) is 3. The van der Waals surface area contributed by atoms with E-state index in [0.717, 1.165) is 10.4 Å². The Morgan fingerprint density at radius 1 is 1.39 bits per heavy atom. The molecule has 2 aromatic rings. The van der Waals surface area contributed by atoms with E-state index in [4.69, 9.17) is 4.74 Å². The second-order valence-electron chi connectivity index (χ2n) is 5.56. The number of urea groups is 1. The Balaban J connectivity index is 1.92. The third-order valence-corrected chi connectivity index (χ3v) is 4.74. The highest BCUT2D eigenvalue weighted by Gasteiger charge is 2.24. The highest BCUT2D eigenvalue weighted by Crippen LogP contribution is 2.24. The van der Waals surface area contributed by atoms with Crippen LogP contribution in [0.1, 0.15) is 30.4 Å². The molecule has 1 heterocycles. The number of benzene rings is 1. The van der Waals surface area contributed by atoms with Gasteiger partial charge in [0.2, 0.25) is 0 Å². The van der Waals surface area contributed by atoms with Crippen molar-refractivity contribution in [2.45, 2.75) is 25.6 Å². The van der Waals surface area contributed by atoms with Gasteiger partial charge in [0, 0.05) is 17.7 Å². The van der Waals surface area contributed by atoms with Gasteiger partial charge in [-0.05, 0) is 43.0 Å². The van der Waals surface area contributed by atoms with E-state index in [1.54, 1.807) is 14.0 Å². The van der Waals surface area contributed by atoms with Gasteiger partial charge >= 0.3 is 6.03 Å². The van der Waals surface area contributed by atoms with Gasteiger partial charge in [-0.25, -0.2) is 4.79 Å². The van der Waals surface area contributed by atoms with Crippen LogP contribution in [0.25, 0.3) is 0 Å². The molecule has 1 aromatic carbocycles. The Morgan fingerprint density at radius 3 is 2.83 bits per heavy atom. The molecule has 0 aliphatic heterocycles. The van der Waals surface area contributed by atoms with Crippen LogP contribution in [0, 0.1) is 0 Å². The zero-order chi connectivity index (χ0) is 16.9. The third-order valence-electron chi connectivity index (χ3n) is 3.61. The normalized spacial score (nSPS) is 14.8. The third kappa shape index (κ3) is 4.79. The quantitative estimate of drug-likeness (QED) is 0.757. The van der Waals surface area contributed by atoms with Gasteiger partial charge in [0.25, 0.3) is 0 Å². The molecule has 124 valence electrons. The number of ether oxygens (including phenoxy) is 1. The summed E-state index contributed by atoms with van der Waals surface area (Å²) in [5.74, 6) is 0. The number of amides is 2. The van der Waals surface area contributed by atoms with E-state index in [9.17, 15) is 9.90 Å². The first-order valence-corrected chi connectivity index (χ1v) is 8.24. The molecular weight excluding hydrogens is 312 g/mol. The highest BCUT2D eigenvalue weighted by atomic mass is 32.1. The van der Waals surface area contributed by atoms with Crippen molar-refractivity contribution in [2.24, 2.45) is 0 Å². The topological polar surface area (TPSA) is 70.6 Å². The Morgan fingerprint density at radius 2 is 2.17 bits per heavy atom. The fraction of sp³-hybridized carbons (Fsp3) is 0.353. The van der Waals surface area contributed by atoms with Crippen molar-refractivity contribution < 1.29 is 14.6 Å². The molecule has 0 saturated carbocycles. The summed E-state index contributed by atoms with van der Waals surface area (Å²) >= 11 is 1.46. The summed E-state index contributed by atoms with van der Waals surface area (Å²) in [4.78, 5) is 12.8. The summed E-state index contributed by atoms with van der Waals surface area (Å²) < 4.78 is 5.27. The SMILES string of the molecule is COC(C)c1cccc(NC(=O)NCC(C)(O)c2cccs2)c1. The van der Waals surface area contributed by atoms with Crippen molar-refractivity contribution >= 4 is 23.1 Å². The maximum atomic E-state index is 12.0. The van der Waals surface area contributed by atoms with E-state index in [2.05, 4.69) is 10.6 Å². The first-order valence-electron chi connectivity index (χ1n) is 7.36. The van der Waals surface area contributed by atoms with Crippen molar-refractivity contribution in [3.8, 4) is 0 Å². The number of thiophene rings is 1. The average molecular weight is 334 g/mol. The van der Waals surface area contributed by atoms with Crippen LogP contribution in [0.15, 0.2) is 41.8 Å². The Labute approximate surface area is 140 Å². The minimum atomic E-state index is -1.09. The largest absolute Gasteiger partial charge is 0.383 e. The van der Waals surface area contributed by atoms with Crippen LogP contribution in [0.5, 0.6) is 0 Å². The van der Waals surface area contributed by atoms with Gasteiger partial charge in [0.05, 0.1) is 12.6 Å². The van der Waals surface area contributed by atoms with Crippen LogP contribution in [-0.2, 0) is 10.3 Å². The van der Waals surface area contributed by atoms with Crippen molar-refractivity contribution in [1.82, 2.24) is 5.32 Å². The van der Waals surface area contributed by atoms with Crippen molar-refractivity contribution in [1.29, 1.82) is 0 Å². The molecule has 0 spiro atoms. The van der Waals surface area contributed by atoms with E-state index >= 15 is 0 Å². The summed E-state index contributed by atoms with van der Waals surface area (Å²) in [5, 5.41) is 17.7. The van der Waals surface area contributed by atoms with Crippen LogP contribution in [0.3, 0.4) is 0 Å². The van der Waals surface area contributed by atoms with Crippen LogP contribution in [0.4, 0.5) is 10.5 Å². The number of carbonyl (C=O) groups excluding carboxylic acids is 1. The van der Waals surface area contributed by atoms with Crippen LogP contribution in [0.2, 0.25) is 0 Å². The monoisotopic (exact) mass is 334 g/mol. The molecule has 2 amide bonds. The fourth-order valence-corrected chi connectivity index (χ4v) is 2.89. The van der Waals surface area contributed by atoms with Gasteiger partial charge in [-0.15, -0.1) is 11.3 Å². The van der Waals surface area contributed by atoms with Crippen LogP contribution in [-0.4, -0.2) is 24.8 Å². The molecule has 5 nitrogen and oxygen atoms in total. The number of methoxy groups -OCH3 is 1. The Kier molecular flexibility index (Phi) is 5.76. The molecular formula is C17H22N2O3S. The molecule has 6 heteroatoms. The summed E-state index contributed by atoms with van der Waals surface area (Å²) in [6, 6.07) is 10.8. The van der Waals surface area contributed by atoms with Crippen LogP contribution >= 0.6 is 11.3 Å². The van der Waals surface area contributed by atoms with Gasteiger partial charge in [0.15, 0.2) is 0 Å². The second kappa shape index (κ2) is 7.59. The Bertz CT molecular complexity index is 641. The maximum Gasteiger partial charge on any atom is 0.319 e. The van der Waals surface area contributed by atoms with Gasteiger partial charge in [-0.1, -0.05) is 18.2 Å². The minimum absolute atomic E-state index is 0.0422. The second-order valence-corrected chi connectivity index (χ2v) is 6.51. The molecule has 0 aliphatic rings. The number of hydrogen-bond acceptors (Lipinski definition) is 4. The van der Waals surface area contributed by atoms with Gasteiger partial charge in [-0.3, -0.25) is 0 Å².